The Bertz CT molecular complexity index is 1430. The number of pyridine rings is 1. The lowest BCUT2D eigenvalue weighted by Crippen LogP contribution is -2.41. The molecule has 4 aromatic rings. The first-order valence-electron chi connectivity index (χ1n) is 12.3. The Morgan fingerprint density at radius 3 is 2.78 bits per heavy atom. The van der Waals surface area contributed by atoms with Gasteiger partial charge in [0.05, 0.1) is 18.4 Å². The topological polar surface area (TPSA) is 111 Å². The minimum Gasteiger partial charge on any atom is -0.357 e. The van der Waals surface area contributed by atoms with Crippen molar-refractivity contribution in [2.24, 2.45) is 0 Å². The molecule has 5 rings (SSSR count). The number of aromatic nitrogens is 7. The number of piperidine rings is 1. The average Bonchev–Trinajstić information content (AvgIpc) is 3.47. The lowest BCUT2D eigenvalue weighted by molar-refractivity contribution is 0.441. The summed E-state index contributed by atoms with van der Waals surface area (Å²) in [4.78, 5) is 29.5. The molecule has 0 aromatic carbocycles. The maximum absolute atomic E-state index is 13.3. The Hall–Kier alpha value is -3.99. The van der Waals surface area contributed by atoms with E-state index < -0.39 is 0 Å². The van der Waals surface area contributed by atoms with Gasteiger partial charge in [0, 0.05) is 31.5 Å². The van der Waals surface area contributed by atoms with Crippen LogP contribution in [0, 0.1) is 0 Å². The number of rotatable bonds is 8. The van der Waals surface area contributed by atoms with E-state index in [0.717, 1.165) is 37.4 Å². The van der Waals surface area contributed by atoms with E-state index in [9.17, 15) is 4.79 Å². The molecule has 0 radical (unpaired) electrons. The summed E-state index contributed by atoms with van der Waals surface area (Å²) < 4.78 is 5.19. The molecule has 11 heteroatoms. The van der Waals surface area contributed by atoms with Gasteiger partial charge in [0.2, 0.25) is 5.95 Å². The van der Waals surface area contributed by atoms with Crippen molar-refractivity contribution >= 4 is 28.5 Å². The molecule has 4 aromatic heterocycles. The second kappa shape index (κ2) is 9.94. The molecule has 36 heavy (non-hydrogen) atoms. The summed E-state index contributed by atoms with van der Waals surface area (Å²) >= 11 is 0. The van der Waals surface area contributed by atoms with Gasteiger partial charge in [-0.3, -0.25) is 9.48 Å². The quantitative estimate of drug-likeness (QED) is 0.364. The van der Waals surface area contributed by atoms with Crippen LogP contribution in [0.1, 0.15) is 32.7 Å². The Labute approximate surface area is 209 Å². The highest BCUT2D eigenvalue weighted by atomic mass is 16.1. The molecule has 0 unspecified atom stereocenters. The van der Waals surface area contributed by atoms with Crippen LogP contribution in [-0.2, 0) is 6.54 Å². The van der Waals surface area contributed by atoms with Crippen molar-refractivity contribution in [2.75, 3.05) is 30.4 Å². The van der Waals surface area contributed by atoms with Gasteiger partial charge in [-0.25, -0.2) is 19.3 Å². The number of nitrogens with zero attached hydrogens (tertiary/aromatic N) is 8. The summed E-state index contributed by atoms with van der Waals surface area (Å²) in [5.41, 5.74) is 1.05. The number of anilines is 3. The highest BCUT2D eigenvalue weighted by Crippen LogP contribution is 2.22. The number of nitrogens with one attached hydrogen (secondary N) is 2. The Kier molecular flexibility index (Phi) is 6.55. The van der Waals surface area contributed by atoms with Gasteiger partial charge in [-0.15, -0.1) is 6.58 Å². The van der Waals surface area contributed by atoms with E-state index in [1.165, 1.54) is 0 Å². The van der Waals surface area contributed by atoms with Crippen LogP contribution in [0.5, 0.6) is 0 Å². The predicted molar refractivity (Wildman–Crippen MR) is 141 cm³/mol. The van der Waals surface area contributed by atoms with Gasteiger partial charge in [-0.1, -0.05) is 12.1 Å². The fourth-order valence-corrected chi connectivity index (χ4v) is 4.53. The second-order valence-corrected chi connectivity index (χ2v) is 9.29. The van der Waals surface area contributed by atoms with Crippen molar-refractivity contribution in [3.05, 3.63) is 59.8 Å². The molecule has 0 aliphatic carbocycles. The Balaban J connectivity index is 1.57. The number of allylic oxidation sites excluding steroid dienone is 1. The fourth-order valence-electron chi connectivity index (χ4n) is 4.53. The van der Waals surface area contributed by atoms with Crippen LogP contribution in [0.15, 0.2) is 54.2 Å². The minimum atomic E-state index is -0.192. The molecule has 0 spiro atoms. The van der Waals surface area contributed by atoms with Crippen LogP contribution >= 0.6 is 0 Å². The zero-order chi connectivity index (χ0) is 25.2. The number of fused-ring (bicyclic) bond motifs is 1. The molecule has 11 nitrogen and oxygen atoms in total. The maximum atomic E-state index is 13.3. The smallest absolute Gasteiger partial charge is 0.278 e. The van der Waals surface area contributed by atoms with Crippen molar-refractivity contribution < 1.29 is 0 Å². The normalized spacial score (nSPS) is 14.4. The minimum absolute atomic E-state index is 0.192. The van der Waals surface area contributed by atoms with E-state index in [0.29, 0.717) is 35.4 Å². The molecule has 0 atom stereocenters. The zero-order valence-corrected chi connectivity index (χ0v) is 20.9. The Morgan fingerprint density at radius 2 is 2.06 bits per heavy atom. The molecule has 0 saturated carbocycles. The lowest BCUT2D eigenvalue weighted by atomic mass is 10.1. The molecule has 5 heterocycles. The van der Waals surface area contributed by atoms with Crippen LogP contribution in [0.25, 0.3) is 16.9 Å². The molecule has 1 aliphatic heterocycles. The van der Waals surface area contributed by atoms with Gasteiger partial charge in [0.1, 0.15) is 11.2 Å². The van der Waals surface area contributed by atoms with Gasteiger partial charge in [-0.2, -0.15) is 10.1 Å². The summed E-state index contributed by atoms with van der Waals surface area (Å²) in [5, 5.41) is 11.4. The first-order valence-corrected chi connectivity index (χ1v) is 12.3. The van der Waals surface area contributed by atoms with E-state index >= 15 is 0 Å². The number of hydrogen-bond acceptors (Lipinski definition) is 8. The van der Waals surface area contributed by atoms with Gasteiger partial charge in [0.15, 0.2) is 11.5 Å². The molecule has 1 saturated heterocycles. The second-order valence-electron chi connectivity index (χ2n) is 9.29. The summed E-state index contributed by atoms with van der Waals surface area (Å²) in [7, 11) is 2.08. The Morgan fingerprint density at radius 1 is 1.25 bits per heavy atom. The lowest BCUT2D eigenvalue weighted by Gasteiger charge is -2.32. The largest absolute Gasteiger partial charge is 0.357 e. The van der Waals surface area contributed by atoms with E-state index in [4.69, 9.17) is 9.97 Å². The van der Waals surface area contributed by atoms with Gasteiger partial charge in [0.25, 0.3) is 5.56 Å². The molecule has 1 aliphatic rings. The third-order valence-corrected chi connectivity index (χ3v) is 6.52. The van der Waals surface area contributed by atoms with Gasteiger partial charge < -0.3 is 15.5 Å². The van der Waals surface area contributed by atoms with Crippen molar-refractivity contribution in [2.45, 2.75) is 45.3 Å². The first kappa shape index (κ1) is 23.7. The predicted octanol–water partition coefficient (Wildman–Crippen LogP) is 2.87. The maximum Gasteiger partial charge on any atom is 0.278 e. The van der Waals surface area contributed by atoms with Crippen LogP contribution in [-0.4, -0.2) is 60.3 Å². The van der Waals surface area contributed by atoms with E-state index in [1.54, 1.807) is 27.8 Å². The third kappa shape index (κ3) is 4.49. The fraction of sp³-hybridized carbons (Fsp3) is 0.400. The van der Waals surface area contributed by atoms with E-state index in [-0.39, 0.29) is 11.6 Å². The summed E-state index contributed by atoms with van der Waals surface area (Å²) in [6.45, 7) is 10.3. The zero-order valence-electron chi connectivity index (χ0n) is 20.9. The standard InChI is InChI=1S/C25H32N10O/c1-5-13-34-24(36)20-15-27-25(29-18-14-28-33(16-18)17(2)3)31-23(20)35(34)22-8-6-7-21(30-22)32(4)19-9-11-26-12-10-19/h5-8,14-17,19,26H,1,9-13H2,2-4H3,(H,27,29,31). The van der Waals surface area contributed by atoms with Crippen molar-refractivity contribution in [3.8, 4) is 5.82 Å². The molecule has 0 amide bonds. The van der Waals surface area contributed by atoms with Crippen molar-refractivity contribution in [3.63, 3.8) is 0 Å². The van der Waals surface area contributed by atoms with Crippen LogP contribution in [0.2, 0.25) is 0 Å². The third-order valence-electron chi connectivity index (χ3n) is 6.52. The molecule has 2 N–H and O–H groups in total. The highest BCUT2D eigenvalue weighted by molar-refractivity contribution is 5.77. The first-order chi connectivity index (χ1) is 17.5. The van der Waals surface area contributed by atoms with Crippen molar-refractivity contribution in [1.82, 2.24) is 39.4 Å². The van der Waals surface area contributed by atoms with Gasteiger partial charge >= 0.3 is 0 Å². The SMILES string of the molecule is C=CCn1c(=O)c2cnc(Nc3cnn(C(C)C)c3)nc2n1-c1cccc(N(C)C2CCNCC2)n1. The molecule has 0 bridgehead atoms. The van der Waals surface area contributed by atoms with E-state index in [2.05, 4.69) is 53.1 Å². The van der Waals surface area contributed by atoms with Crippen LogP contribution < -0.4 is 21.1 Å². The average molecular weight is 489 g/mol. The molecular weight excluding hydrogens is 456 g/mol. The van der Waals surface area contributed by atoms with Gasteiger partial charge in [-0.05, 0) is 51.9 Å². The van der Waals surface area contributed by atoms with Crippen LogP contribution in [0.4, 0.5) is 17.5 Å². The monoisotopic (exact) mass is 488 g/mol. The summed E-state index contributed by atoms with van der Waals surface area (Å²) in [5.74, 6) is 1.84. The van der Waals surface area contributed by atoms with E-state index in [1.807, 2.05) is 29.1 Å². The number of hydrogen-bond donors (Lipinski definition) is 2. The molecular formula is C25H32N10O. The highest BCUT2D eigenvalue weighted by Gasteiger charge is 2.21. The van der Waals surface area contributed by atoms with Crippen molar-refractivity contribution in [1.29, 1.82) is 0 Å². The summed E-state index contributed by atoms with van der Waals surface area (Å²) in [6.07, 6.45) is 8.99. The summed E-state index contributed by atoms with van der Waals surface area (Å²) in [6, 6.07) is 6.51. The van der Waals surface area contributed by atoms with Crippen LogP contribution in [0.3, 0.4) is 0 Å². The molecule has 188 valence electrons. The molecule has 1 fully saturated rings.